The number of hydrogen-bond acceptors (Lipinski definition) is 3. The third-order valence-electron chi connectivity index (χ3n) is 1.62. The second kappa shape index (κ2) is 7.32. The molecule has 5 heteroatoms. The molecule has 5 nitrogen and oxygen atoms in total. The second-order valence-electron chi connectivity index (χ2n) is 3.03. The molecule has 2 N–H and O–H groups in total. The Labute approximate surface area is 83.4 Å². The van der Waals surface area contributed by atoms with Crippen molar-refractivity contribution >= 4 is 11.9 Å². The van der Waals surface area contributed by atoms with Gasteiger partial charge in [0, 0.05) is 6.61 Å². The van der Waals surface area contributed by atoms with Gasteiger partial charge in [-0.05, 0) is 13.3 Å². The maximum atomic E-state index is 11.0. The van der Waals surface area contributed by atoms with Crippen LogP contribution in [0.15, 0.2) is 0 Å². The van der Waals surface area contributed by atoms with Gasteiger partial charge in [0.25, 0.3) is 0 Å². The summed E-state index contributed by atoms with van der Waals surface area (Å²) in [5, 5.41) is 10.8. The van der Waals surface area contributed by atoms with Crippen LogP contribution in [0.2, 0.25) is 0 Å². The minimum absolute atomic E-state index is 0.0718. The van der Waals surface area contributed by atoms with Gasteiger partial charge in [0.1, 0.15) is 12.6 Å². The van der Waals surface area contributed by atoms with E-state index < -0.39 is 17.9 Å². The lowest BCUT2D eigenvalue weighted by Crippen LogP contribution is -2.40. The predicted molar refractivity (Wildman–Crippen MR) is 51.0 cm³/mol. The van der Waals surface area contributed by atoms with Crippen molar-refractivity contribution in [1.29, 1.82) is 0 Å². The fraction of sp³-hybridized carbons (Fsp3) is 0.778. The predicted octanol–water partition coefficient (Wildman–Crippen LogP) is 0.392. The van der Waals surface area contributed by atoms with Gasteiger partial charge in [-0.2, -0.15) is 0 Å². The number of amides is 1. The average molecular weight is 203 g/mol. The van der Waals surface area contributed by atoms with E-state index in [1.165, 1.54) is 6.92 Å². The van der Waals surface area contributed by atoms with Crippen LogP contribution in [-0.4, -0.2) is 36.2 Å². The van der Waals surface area contributed by atoms with Crippen molar-refractivity contribution in [2.45, 2.75) is 32.7 Å². The Kier molecular flexibility index (Phi) is 6.74. The normalized spacial score (nSPS) is 12.1. The van der Waals surface area contributed by atoms with Crippen molar-refractivity contribution in [3.05, 3.63) is 0 Å². The molecule has 1 amide bonds. The molecule has 0 radical (unpaired) electrons. The second-order valence-corrected chi connectivity index (χ2v) is 3.03. The quantitative estimate of drug-likeness (QED) is 0.587. The van der Waals surface area contributed by atoms with Gasteiger partial charge >= 0.3 is 5.97 Å². The molecule has 0 rings (SSSR count). The Bertz CT molecular complexity index is 193. The van der Waals surface area contributed by atoms with Crippen LogP contribution in [0, 0.1) is 0 Å². The van der Waals surface area contributed by atoms with Gasteiger partial charge in [-0.25, -0.2) is 0 Å². The molecule has 0 aromatic heterocycles. The van der Waals surface area contributed by atoms with E-state index in [-0.39, 0.29) is 6.61 Å². The highest BCUT2D eigenvalue weighted by atomic mass is 16.5. The molecule has 0 aromatic rings. The number of aliphatic carboxylic acids is 1. The van der Waals surface area contributed by atoms with Gasteiger partial charge in [-0.3, -0.25) is 9.59 Å². The summed E-state index contributed by atoms with van der Waals surface area (Å²) in [6.07, 6.45) is 1.91. The number of carboxylic acids is 1. The molecular weight excluding hydrogens is 186 g/mol. The molecule has 0 spiro atoms. The van der Waals surface area contributed by atoms with Gasteiger partial charge in [-0.15, -0.1) is 0 Å². The Morgan fingerprint density at radius 3 is 2.64 bits per heavy atom. The highest BCUT2D eigenvalue weighted by Crippen LogP contribution is 1.88. The standard InChI is InChI=1S/C9H17NO4/c1-3-4-5-14-6-8(11)10-7(2)9(12)13/h7H,3-6H2,1-2H3,(H,10,11)(H,12,13)/t7-/m0/s1. The van der Waals surface area contributed by atoms with E-state index in [2.05, 4.69) is 5.32 Å². The van der Waals surface area contributed by atoms with E-state index in [1.54, 1.807) is 0 Å². The average Bonchev–Trinajstić information content (AvgIpc) is 2.12. The van der Waals surface area contributed by atoms with Crippen molar-refractivity contribution in [3.8, 4) is 0 Å². The number of hydrogen-bond donors (Lipinski definition) is 2. The molecule has 0 saturated carbocycles. The number of unbranched alkanes of at least 4 members (excludes halogenated alkanes) is 1. The molecule has 0 aliphatic heterocycles. The molecule has 14 heavy (non-hydrogen) atoms. The zero-order chi connectivity index (χ0) is 11.0. The van der Waals surface area contributed by atoms with Crippen LogP contribution in [0.5, 0.6) is 0 Å². The summed E-state index contributed by atoms with van der Waals surface area (Å²) in [4.78, 5) is 21.4. The number of ether oxygens (including phenoxy) is 1. The maximum Gasteiger partial charge on any atom is 0.325 e. The Balaban J connectivity index is 3.50. The van der Waals surface area contributed by atoms with E-state index in [0.29, 0.717) is 6.61 Å². The minimum Gasteiger partial charge on any atom is -0.480 e. The van der Waals surface area contributed by atoms with E-state index >= 15 is 0 Å². The van der Waals surface area contributed by atoms with Gasteiger partial charge in [0.05, 0.1) is 0 Å². The summed E-state index contributed by atoms with van der Waals surface area (Å²) in [6.45, 7) is 3.89. The third-order valence-corrected chi connectivity index (χ3v) is 1.62. The highest BCUT2D eigenvalue weighted by Gasteiger charge is 2.13. The molecule has 0 aliphatic rings. The summed E-state index contributed by atoms with van der Waals surface area (Å²) in [6, 6.07) is -0.864. The zero-order valence-electron chi connectivity index (χ0n) is 8.58. The smallest absolute Gasteiger partial charge is 0.325 e. The first-order valence-corrected chi connectivity index (χ1v) is 4.67. The van der Waals surface area contributed by atoms with Crippen molar-refractivity contribution in [3.63, 3.8) is 0 Å². The first-order valence-electron chi connectivity index (χ1n) is 4.67. The van der Waals surface area contributed by atoms with Crippen molar-refractivity contribution in [2.24, 2.45) is 0 Å². The number of rotatable bonds is 7. The van der Waals surface area contributed by atoms with Crippen LogP contribution in [0.3, 0.4) is 0 Å². The molecule has 82 valence electrons. The minimum atomic E-state index is -1.05. The van der Waals surface area contributed by atoms with Crippen LogP contribution in [0.25, 0.3) is 0 Å². The fourth-order valence-corrected chi connectivity index (χ4v) is 0.756. The first-order chi connectivity index (χ1) is 6.57. The largest absolute Gasteiger partial charge is 0.480 e. The van der Waals surface area contributed by atoms with Crippen molar-refractivity contribution < 1.29 is 19.4 Å². The summed E-state index contributed by atoms with van der Waals surface area (Å²) in [5.74, 6) is -1.44. The van der Waals surface area contributed by atoms with Gasteiger partial charge in [0.2, 0.25) is 5.91 Å². The van der Waals surface area contributed by atoms with Gasteiger partial charge in [-0.1, -0.05) is 13.3 Å². The van der Waals surface area contributed by atoms with Crippen molar-refractivity contribution in [2.75, 3.05) is 13.2 Å². The summed E-state index contributed by atoms with van der Waals surface area (Å²) in [7, 11) is 0. The maximum absolute atomic E-state index is 11.0. The van der Waals surface area contributed by atoms with Gasteiger partial charge < -0.3 is 15.2 Å². The molecule has 0 fully saturated rings. The van der Waals surface area contributed by atoms with Crippen LogP contribution >= 0.6 is 0 Å². The SMILES string of the molecule is CCCCOCC(=O)N[C@@H](C)C(=O)O. The molecule has 0 bridgehead atoms. The highest BCUT2D eigenvalue weighted by molar-refractivity contribution is 5.83. The molecule has 1 atom stereocenters. The molecule has 0 unspecified atom stereocenters. The molecule has 0 saturated heterocycles. The third kappa shape index (κ3) is 6.42. The van der Waals surface area contributed by atoms with E-state index in [4.69, 9.17) is 9.84 Å². The van der Waals surface area contributed by atoms with Crippen LogP contribution in [0.1, 0.15) is 26.7 Å². The lowest BCUT2D eigenvalue weighted by atomic mass is 10.3. The molecule has 0 aromatic carbocycles. The topological polar surface area (TPSA) is 75.6 Å². The van der Waals surface area contributed by atoms with E-state index in [9.17, 15) is 9.59 Å². The fourth-order valence-electron chi connectivity index (χ4n) is 0.756. The number of carbonyl (C=O) groups excluding carboxylic acids is 1. The number of carboxylic acid groups (broad SMARTS) is 1. The Hall–Kier alpha value is -1.10. The molecule has 0 aliphatic carbocycles. The lowest BCUT2D eigenvalue weighted by molar-refractivity contribution is -0.142. The van der Waals surface area contributed by atoms with Crippen LogP contribution < -0.4 is 5.32 Å². The summed E-state index contributed by atoms with van der Waals surface area (Å²) in [5.41, 5.74) is 0. The summed E-state index contributed by atoms with van der Waals surface area (Å²) < 4.78 is 5.01. The number of nitrogens with one attached hydrogen (secondary N) is 1. The van der Waals surface area contributed by atoms with Gasteiger partial charge in [0.15, 0.2) is 0 Å². The first kappa shape index (κ1) is 12.9. The lowest BCUT2D eigenvalue weighted by Gasteiger charge is -2.09. The number of carbonyl (C=O) groups is 2. The zero-order valence-corrected chi connectivity index (χ0v) is 8.58. The van der Waals surface area contributed by atoms with Crippen LogP contribution in [0.4, 0.5) is 0 Å². The molecular formula is C9H17NO4. The monoisotopic (exact) mass is 203 g/mol. The molecule has 0 heterocycles. The van der Waals surface area contributed by atoms with Crippen LogP contribution in [-0.2, 0) is 14.3 Å². The Morgan fingerprint density at radius 1 is 1.50 bits per heavy atom. The van der Waals surface area contributed by atoms with Crippen molar-refractivity contribution in [1.82, 2.24) is 5.32 Å². The van der Waals surface area contributed by atoms with E-state index in [0.717, 1.165) is 12.8 Å². The van der Waals surface area contributed by atoms with E-state index in [1.807, 2.05) is 6.92 Å². The summed E-state index contributed by atoms with van der Waals surface area (Å²) >= 11 is 0. The Morgan fingerprint density at radius 2 is 2.14 bits per heavy atom.